The zero-order chi connectivity index (χ0) is 14.6. The highest BCUT2D eigenvalue weighted by Gasteiger charge is 2.38. The second kappa shape index (κ2) is 6.54. The molecule has 1 saturated heterocycles. The summed E-state index contributed by atoms with van der Waals surface area (Å²) in [5.41, 5.74) is 0. The molecule has 0 aromatic rings. The first kappa shape index (κ1) is 15.5. The van der Waals surface area contributed by atoms with Crippen LogP contribution >= 0.6 is 0 Å². The molecule has 0 aromatic heterocycles. The van der Waals surface area contributed by atoms with Crippen molar-refractivity contribution < 1.29 is 24.2 Å². The van der Waals surface area contributed by atoms with Crippen LogP contribution in [0.3, 0.4) is 0 Å². The lowest BCUT2D eigenvalue weighted by Gasteiger charge is -2.28. The van der Waals surface area contributed by atoms with Crippen molar-refractivity contribution in [3.8, 4) is 0 Å². The molecule has 108 valence electrons. The maximum Gasteiger partial charge on any atom is 0.326 e. The van der Waals surface area contributed by atoms with E-state index in [0.717, 1.165) is 0 Å². The van der Waals surface area contributed by atoms with E-state index in [1.54, 1.807) is 0 Å². The Kier molecular flexibility index (Phi) is 5.32. The van der Waals surface area contributed by atoms with Gasteiger partial charge in [0.05, 0.1) is 19.4 Å². The van der Waals surface area contributed by atoms with Crippen molar-refractivity contribution >= 4 is 17.8 Å². The van der Waals surface area contributed by atoms with E-state index in [0.29, 0.717) is 19.4 Å². The number of methoxy groups -OCH3 is 1. The van der Waals surface area contributed by atoms with Crippen molar-refractivity contribution in [3.63, 3.8) is 0 Å². The molecular formula is C13H21NO5. The van der Waals surface area contributed by atoms with Gasteiger partial charge in [0.2, 0.25) is 5.91 Å². The van der Waals surface area contributed by atoms with Crippen molar-refractivity contribution in [3.05, 3.63) is 0 Å². The summed E-state index contributed by atoms with van der Waals surface area (Å²) in [4.78, 5) is 36.2. The van der Waals surface area contributed by atoms with Crippen LogP contribution in [-0.4, -0.2) is 47.5 Å². The highest BCUT2D eigenvalue weighted by molar-refractivity contribution is 5.88. The molecule has 0 saturated carbocycles. The number of nitrogens with zero attached hydrogens (tertiary/aromatic N) is 1. The molecular weight excluding hydrogens is 250 g/mol. The molecule has 1 amide bonds. The van der Waals surface area contributed by atoms with Gasteiger partial charge in [-0.15, -0.1) is 0 Å². The molecule has 1 fully saturated rings. The number of carboxylic acids is 1. The van der Waals surface area contributed by atoms with Crippen LogP contribution < -0.4 is 0 Å². The summed E-state index contributed by atoms with van der Waals surface area (Å²) in [6.45, 7) is 4.13. The summed E-state index contributed by atoms with van der Waals surface area (Å²) in [7, 11) is 1.28. The van der Waals surface area contributed by atoms with E-state index < -0.39 is 23.9 Å². The summed E-state index contributed by atoms with van der Waals surface area (Å²) in [5.74, 6) is -2.25. The molecule has 6 heteroatoms. The van der Waals surface area contributed by atoms with Gasteiger partial charge < -0.3 is 14.7 Å². The lowest BCUT2D eigenvalue weighted by Crippen LogP contribution is -2.45. The lowest BCUT2D eigenvalue weighted by molar-refractivity contribution is -0.153. The molecule has 6 nitrogen and oxygen atoms in total. The molecule has 0 spiro atoms. The topological polar surface area (TPSA) is 83.9 Å². The number of rotatable bonds is 5. The Morgan fingerprint density at radius 3 is 2.47 bits per heavy atom. The largest absolute Gasteiger partial charge is 0.480 e. The predicted molar refractivity (Wildman–Crippen MR) is 67.3 cm³/mol. The Hall–Kier alpha value is -1.59. The number of carbonyl (C=O) groups is 3. The number of carboxylic acid groups (broad SMARTS) is 1. The Morgan fingerprint density at radius 2 is 2.00 bits per heavy atom. The van der Waals surface area contributed by atoms with Crippen LogP contribution in [0, 0.1) is 11.8 Å². The zero-order valence-electron chi connectivity index (χ0n) is 11.6. The van der Waals surface area contributed by atoms with Gasteiger partial charge in [-0.25, -0.2) is 4.79 Å². The minimum atomic E-state index is -0.980. The third kappa shape index (κ3) is 3.68. The number of amides is 1. The Labute approximate surface area is 112 Å². The molecule has 1 aliphatic heterocycles. The average Bonchev–Trinajstić information content (AvgIpc) is 2.83. The lowest BCUT2D eigenvalue weighted by atomic mass is 9.91. The molecule has 0 aromatic carbocycles. The maximum atomic E-state index is 12.4. The van der Waals surface area contributed by atoms with Crippen LogP contribution in [0.1, 0.15) is 33.1 Å². The number of likely N-dealkylation sites (tertiary alicyclic amines) is 1. The average molecular weight is 271 g/mol. The Morgan fingerprint density at radius 1 is 1.37 bits per heavy atom. The third-order valence-electron chi connectivity index (χ3n) is 3.56. The molecule has 1 N–H and O–H groups in total. The summed E-state index contributed by atoms with van der Waals surface area (Å²) in [6.07, 6.45) is 1.16. The third-order valence-corrected chi connectivity index (χ3v) is 3.56. The molecule has 1 heterocycles. The zero-order valence-corrected chi connectivity index (χ0v) is 11.6. The fourth-order valence-corrected chi connectivity index (χ4v) is 2.37. The number of ether oxygens (including phenoxy) is 1. The van der Waals surface area contributed by atoms with Crippen molar-refractivity contribution in [1.82, 2.24) is 4.90 Å². The van der Waals surface area contributed by atoms with Gasteiger partial charge in [0.15, 0.2) is 0 Å². The minimum absolute atomic E-state index is 0.00413. The fourth-order valence-electron chi connectivity index (χ4n) is 2.37. The summed E-state index contributed by atoms with van der Waals surface area (Å²) >= 11 is 0. The van der Waals surface area contributed by atoms with E-state index in [1.165, 1.54) is 12.0 Å². The van der Waals surface area contributed by atoms with Gasteiger partial charge in [-0.1, -0.05) is 13.8 Å². The molecule has 1 aliphatic rings. The van der Waals surface area contributed by atoms with Gasteiger partial charge >= 0.3 is 11.9 Å². The molecule has 19 heavy (non-hydrogen) atoms. The second-order valence-corrected chi connectivity index (χ2v) is 5.16. The van der Waals surface area contributed by atoms with Gasteiger partial charge in [-0.05, 0) is 18.8 Å². The number of aliphatic carboxylic acids is 1. The van der Waals surface area contributed by atoms with Gasteiger partial charge in [0, 0.05) is 6.54 Å². The fraction of sp³-hybridized carbons (Fsp3) is 0.769. The molecule has 2 atom stereocenters. The van der Waals surface area contributed by atoms with Crippen LogP contribution in [-0.2, 0) is 19.1 Å². The van der Waals surface area contributed by atoms with Crippen molar-refractivity contribution in [2.24, 2.45) is 11.8 Å². The molecule has 0 bridgehead atoms. The van der Waals surface area contributed by atoms with Crippen molar-refractivity contribution in [2.45, 2.75) is 39.2 Å². The Balaban J connectivity index is 2.81. The molecule has 0 aliphatic carbocycles. The molecule has 0 unspecified atom stereocenters. The van der Waals surface area contributed by atoms with Crippen LogP contribution in [0.15, 0.2) is 0 Å². The summed E-state index contributed by atoms with van der Waals surface area (Å²) in [5, 5.41) is 9.10. The Bertz CT molecular complexity index is 366. The number of hydrogen-bond donors (Lipinski definition) is 1. The SMILES string of the molecule is COC(=O)C[C@@H](C(=O)N1CCC[C@H]1C(=O)O)C(C)C. The normalized spacial score (nSPS) is 20.4. The maximum absolute atomic E-state index is 12.4. The van der Waals surface area contributed by atoms with Crippen LogP contribution in [0.5, 0.6) is 0 Å². The quantitative estimate of drug-likeness (QED) is 0.751. The van der Waals surface area contributed by atoms with Gasteiger partial charge in [-0.2, -0.15) is 0 Å². The second-order valence-electron chi connectivity index (χ2n) is 5.16. The van der Waals surface area contributed by atoms with Crippen molar-refractivity contribution in [2.75, 3.05) is 13.7 Å². The highest BCUT2D eigenvalue weighted by atomic mass is 16.5. The molecule has 1 rings (SSSR count). The first-order valence-corrected chi connectivity index (χ1v) is 6.48. The van der Waals surface area contributed by atoms with E-state index >= 15 is 0 Å². The summed E-state index contributed by atoms with van der Waals surface area (Å²) < 4.78 is 4.59. The van der Waals surface area contributed by atoms with E-state index in [1.807, 2.05) is 13.8 Å². The van der Waals surface area contributed by atoms with Gasteiger partial charge in [-0.3, -0.25) is 9.59 Å². The van der Waals surface area contributed by atoms with Crippen LogP contribution in [0.25, 0.3) is 0 Å². The predicted octanol–water partition coefficient (Wildman–Crippen LogP) is 0.897. The van der Waals surface area contributed by atoms with E-state index in [9.17, 15) is 14.4 Å². The first-order valence-electron chi connectivity index (χ1n) is 6.48. The molecule has 0 radical (unpaired) electrons. The van der Waals surface area contributed by atoms with Crippen LogP contribution in [0.4, 0.5) is 0 Å². The van der Waals surface area contributed by atoms with E-state index in [-0.39, 0.29) is 18.2 Å². The van der Waals surface area contributed by atoms with Crippen molar-refractivity contribution in [1.29, 1.82) is 0 Å². The smallest absolute Gasteiger partial charge is 0.326 e. The van der Waals surface area contributed by atoms with E-state index in [4.69, 9.17) is 5.11 Å². The highest BCUT2D eigenvalue weighted by Crippen LogP contribution is 2.25. The standard InChI is InChI=1S/C13H21NO5/c1-8(2)9(7-11(15)19-3)12(16)14-6-4-5-10(14)13(17)18/h8-10H,4-7H2,1-3H3,(H,17,18)/t9-,10+/m1/s1. The number of hydrogen-bond acceptors (Lipinski definition) is 4. The number of esters is 1. The van der Waals surface area contributed by atoms with Gasteiger partial charge in [0.1, 0.15) is 6.04 Å². The van der Waals surface area contributed by atoms with Gasteiger partial charge in [0.25, 0.3) is 0 Å². The minimum Gasteiger partial charge on any atom is -0.480 e. The first-order chi connectivity index (χ1) is 8.88. The summed E-state index contributed by atoms with van der Waals surface area (Å²) in [6, 6.07) is -0.758. The number of carbonyl (C=O) groups excluding carboxylic acids is 2. The van der Waals surface area contributed by atoms with Crippen LogP contribution in [0.2, 0.25) is 0 Å². The van der Waals surface area contributed by atoms with E-state index in [2.05, 4.69) is 4.74 Å². The monoisotopic (exact) mass is 271 g/mol.